The molecule has 0 spiro atoms. The van der Waals surface area contributed by atoms with E-state index in [1.54, 1.807) is 30.5 Å². The average Bonchev–Trinajstić information content (AvgIpc) is 3.32. The van der Waals surface area contributed by atoms with Crippen molar-refractivity contribution in [2.45, 2.75) is 12.8 Å². The standard InChI is InChI=1S/C21H16N2O4S/c1-12-15-9-14(7-8-16(15)22-19(12)25)18(24)10-27-21(26)17-11-28-20(23-17)13-5-3-2-4-6-13/h2-9,11-12H,10H2,1H3,(H,22,25)/t12-/m0/s1. The number of ketones is 1. The third-order valence-corrected chi connectivity index (χ3v) is 5.45. The lowest BCUT2D eigenvalue weighted by molar-refractivity contribution is -0.116. The van der Waals surface area contributed by atoms with Crippen LogP contribution in [-0.2, 0) is 9.53 Å². The van der Waals surface area contributed by atoms with E-state index in [1.807, 2.05) is 30.3 Å². The number of nitrogens with one attached hydrogen (secondary N) is 1. The monoisotopic (exact) mass is 392 g/mol. The zero-order valence-corrected chi connectivity index (χ0v) is 15.8. The molecule has 6 nitrogen and oxygen atoms in total. The Morgan fingerprint density at radius 3 is 2.75 bits per heavy atom. The molecule has 0 radical (unpaired) electrons. The first kappa shape index (κ1) is 18.1. The summed E-state index contributed by atoms with van der Waals surface area (Å²) in [6, 6.07) is 14.5. The van der Waals surface area contributed by atoms with Crippen molar-refractivity contribution < 1.29 is 19.1 Å². The third-order valence-electron chi connectivity index (χ3n) is 4.56. The van der Waals surface area contributed by atoms with Crippen LogP contribution < -0.4 is 5.32 Å². The van der Waals surface area contributed by atoms with Crippen LogP contribution in [0, 0.1) is 0 Å². The second kappa shape index (κ2) is 7.36. The van der Waals surface area contributed by atoms with E-state index in [4.69, 9.17) is 4.74 Å². The van der Waals surface area contributed by atoms with Crippen LogP contribution in [0.2, 0.25) is 0 Å². The molecule has 0 aliphatic carbocycles. The number of anilines is 1. The molecule has 1 atom stereocenters. The van der Waals surface area contributed by atoms with Crippen molar-refractivity contribution in [3.05, 3.63) is 70.7 Å². The highest BCUT2D eigenvalue weighted by atomic mass is 32.1. The van der Waals surface area contributed by atoms with E-state index in [-0.39, 0.29) is 29.9 Å². The zero-order chi connectivity index (χ0) is 19.7. The van der Waals surface area contributed by atoms with E-state index in [1.165, 1.54) is 11.3 Å². The minimum absolute atomic E-state index is 0.0937. The Morgan fingerprint density at radius 2 is 1.96 bits per heavy atom. The molecule has 3 aromatic rings. The van der Waals surface area contributed by atoms with Crippen molar-refractivity contribution in [1.82, 2.24) is 4.98 Å². The summed E-state index contributed by atoms with van der Waals surface area (Å²) >= 11 is 1.34. The number of thiazole rings is 1. The second-order valence-electron chi connectivity index (χ2n) is 6.42. The molecule has 2 aromatic carbocycles. The fourth-order valence-corrected chi connectivity index (χ4v) is 3.76. The highest BCUT2D eigenvalue weighted by Gasteiger charge is 2.27. The lowest BCUT2D eigenvalue weighted by Gasteiger charge is -2.06. The van der Waals surface area contributed by atoms with Gasteiger partial charge in [-0.05, 0) is 30.7 Å². The Labute approximate surface area is 165 Å². The molecule has 1 aromatic heterocycles. The van der Waals surface area contributed by atoms with Crippen LogP contribution in [0.25, 0.3) is 10.6 Å². The van der Waals surface area contributed by atoms with Gasteiger partial charge in [-0.2, -0.15) is 0 Å². The van der Waals surface area contributed by atoms with Crippen LogP contribution in [0.5, 0.6) is 0 Å². The van der Waals surface area contributed by atoms with Crippen LogP contribution in [0.15, 0.2) is 53.9 Å². The van der Waals surface area contributed by atoms with Gasteiger partial charge in [0.2, 0.25) is 5.91 Å². The maximum atomic E-state index is 12.4. The predicted octanol–water partition coefficient (Wildman–Crippen LogP) is 3.91. The van der Waals surface area contributed by atoms with E-state index in [2.05, 4.69) is 10.3 Å². The van der Waals surface area contributed by atoms with Crippen LogP contribution >= 0.6 is 11.3 Å². The summed E-state index contributed by atoms with van der Waals surface area (Å²) in [5.74, 6) is -1.38. The molecule has 1 N–H and O–H groups in total. The summed E-state index contributed by atoms with van der Waals surface area (Å²) in [7, 11) is 0. The summed E-state index contributed by atoms with van der Waals surface area (Å²) in [6.45, 7) is 1.40. The largest absolute Gasteiger partial charge is 0.453 e. The third kappa shape index (κ3) is 3.44. The van der Waals surface area contributed by atoms with Gasteiger partial charge in [0.1, 0.15) is 5.01 Å². The number of nitrogens with zero attached hydrogens (tertiary/aromatic N) is 1. The van der Waals surface area contributed by atoms with E-state index in [9.17, 15) is 14.4 Å². The molecule has 4 rings (SSSR count). The van der Waals surface area contributed by atoms with Crippen molar-refractivity contribution >= 4 is 34.7 Å². The predicted molar refractivity (Wildman–Crippen MR) is 106 cm³/mol. The molecule has 0 saturated heterocycles. The molecule has 0 fully saturated rings. The fourth-order valence-electron chi connectivity index (χ4n) is 2.96. The summed E-state index contributed by atoms with van der Waals surface area (Å²) in [5, 5.41) is 5.08. The van der Waals surface area contributed by atoms with Gasteiger partial charge in [0, 0.05) is 22.2 Å². The van der Waals surface area contributed by atoms with Gasteiger partial charge in [0.25, 0.3) is 0 Å². The molecule has 0 saturated carbocycles. The Bertz CT molecular complexity index is 1080. The number of carbonyl (C=O) groups is 3. The maximum absolute atomic E-state index is 12.4. The van der Waals surface area contributed by atoms with Crippen molar-refractivity contribution in [3.63, 3.8) is 0 Å². The van der Waals surface area contributed by atoms with Gasteiger partial charge < -0.3 is 10.1 Å². The number of ether oxygens (including phenoxy) is 1. The Hall–Kier alpha value is -3.32. The number of rotatable bonds is 5. The molecule has 0 unspecified atom stereocenters. The quantitative estimate of drug-likeness (QED) is 0.526. The number of hydrogen-bond donors (Lipinski definition) is 1. The van der Waals surface area contributed by atoms with E-state index < -0.39 is 5.97 Å². The van der Waals surface area contributed by atoms with Gasteiger partial charge in [-0.1, -0.05) is 30.3 Å². The summed E-state index contributed by atoms with van der Waals surface area (Å²) in [4.78, 5) is 40.6. The SMILES string of the molecule is C[C@@H]1C(=O)Nc2ccc(C(=O)COC(=O)c3csc(-c4ccccc4)n3)cc21. The summed E-state index contributed by atoms with van der Waals surface area (Å²) in [6.07, 6.45) is 0. The van der Waals surface area contributed by atoms with E-state index in [0.717, 1.165) is 11.1 Å². The van der Waals surface area contributed by atoms with Crippen LogP contribution in [-0.4, -0.2) is 29.3 Å². The van der Waals surface area contributed by atoms with Crippen LogP contribution in [0.3, 0.4) is 0 Å². The Morgan fingerprint density at radius 1 is 1.18 bits per heavy atom. The van der Waals surface area contributed by atoms with Crippen LogP contribution in [0.4, 0.5) is 5.69 Å². The van der Waals surface area contributed by atoms with E-state index >= 15 is 0 Å². The molecule has 7 heteroatoms. The first-order valence-electron chi connectivity index (χ1n) is 8.69. The molecule has 28 heavy (non-hydrogen) atoms. The van der Waals surface area contributed by atoms with Crippen LogP contribution in [0.1, 0.15) is 39.3 Å². The minimum atomic E-state index is -0.641. The molecule has 140 valence electrons. The van der Waals surface area contributed by atoms with Crippen molar-refractivity contribution in [3.8, 4) is 10.6 Å². The van der Waals surface area contributed by atoms with Gasteiger partial charge in [0.05, 0.1) is 5.92 Å². The maximum Gasteiger partial charge on any atom is 0.358 e. The zero-order valence-electron chi connectivity index (χ0n) is 15.0. The van der Waals surface area contributed by atoms with Gasteiger partial charge in [-0.15, -0.1) is 11.3 Å². The number of fused-ring (bicyclic) bond motifs is 1. The lowest BCUT2D eigenvalue weighted by Crippen LogP contribution is -2.14. The number of esters is 1. The summed E-state index contributed by atoms with van der Waals surface area (Å²) < 4.78 is 5.13. The van der Waals surface area contributed by atoms with Crippen molar-refractivity contribution in [2.24, 2.45) is 0 Å². The number of aromatic nitrogens is 1. The van der Waals surface area contributed by atoms with E-state index in [0.29, 0.717) is 16.3 Å². The lowest BCUT2D eigenvalue weighted by atomic mass is 9.99. The molecular formula is C21H16N2O4S. The van der Waals surface area contributed by atoms with Gasteiger partial charge in [0.15, 0.2) is 18.1 Å². The van der Waals surface area contributed by atoms with Crippen molar-refractivity contribution in [2.75, 3.05) is 11.9 Å². The molecule has 1 aliphatic rings. The smallest absolute Gasteiger partial charge is 0.358 e. The molecule has 2 heterocycles. The second-order valence-corrected chi connectivity index (χ2v) is 7.27. The number of carbonyl (C=O) groups excluding carboxylic acids is 3. The first-order chi connectivity index (χ1) is 13.5. The molecular weight excluding hydrogens is 376 g/mol. The summed E-state index contributed by atoms with van der Waals surface area (Å²) in [5.41, 5.74) is 2.97. The number of hydrogen-bond acceptors (Lipinski definition) is 6. The highest BCUT2D eigenvalue weighted by molar-refractivity contribution is 7.13. The number of Topliss-reactive ketones (excluding diaryl/α,β-unsaturated/α-hetero) is 1. The normalized spacial score (nSPS) is 15.0. The minimum Gasteiger partial charge on any atom is -0.453 e. The fraction of sp³-hybridized carbons (Fsp3) is 0.143. The first-order valence-corrected chi connectivity index (χ1v) is 9.57. The Kier molecular flexibility index (Phi) is 4.75. The topological polar surface area (TPSA) is 85.4 Å². The van der Waals surface area contributed by atoms with Gasteiger partial charge in [-0.25, -0.2) is 9.78 Å². The Balaban J connectivity index is 1.41. The molecule has 1 aliphatic heterocycles. The average molecular weight is 392 g/mol. The van der Waals surface area contributed by atoms with Gasteiger partial charge >= 0.3 is 5.97 Å². The number of amides is 1. The van der Waals surface area contributed by atoms with Gasteiger partial charge in [-0.3, -0.25) is 9.59 Å². The molecule has 0 bridgehead atoms. The molecule has 1 amide bonds. The van der Waals surface area contributed by atoms with Crippen molar-refractivity contribution in [1.29, 1.82) is 0 Å². The number of benzene rings is 2. The highest BCUT2D eigenvalue weighted by Crippen LogP contribution is 2.32.